The molecule has 2 aromatic rings. The molecule has 0 aliphatic carbocycles. The molecule has 3 nitrogen and oxygen atoms in total. The first-order chi connectivity index (χ1) is 8.20. The Morgan fingerprint density at radius 3 is 2.82 bits per heavy atom. The first kappa shape index (κ1) is 11.9. The van der Waals surface area contributed by atoms with E-state index < -0.39 is 0 Å². The van der Waals surface area contributed by atoms with E-state index in [0.717, 1.165) is 22.4 Å². The number of nitrogens with zero attached hydrogens (tertiary/aromatic N) is 1. The highest BCUT2D eigenvalue weighted by Gasteiger charge is 2.04. The van der Waals surface area contributed by atoms with Crippen LogP contribution in [-0.2, 0) is 6.42 Å². The van der Waals surface area contributed by atoms with Crippen LogP contribution < -0.4 is 11.1 Å². The van der Waals surface area contributed by atoms with Gasteiger partial charge < -0.3 is 11.1 Å². The van der Waals surface area contributed by atoms with Crippen LogP contribution in [0.25, 0.3) is 0 Å². The maximum Gasteiger partial charge on any atom is 0.144 e. The number of halogens is 1. The van der Waals surface area contributed by atoms with Crippen LogP contribution in [0.1, 0.15) is 12.5 Å². The molecule has 0 saturated carbocycles. The van der Waals surface area contributed by atoms with Crippen LogP contribution in [0.3, 0.4) is 0 Å². The van der Waals surface area contributed by atoms with Gasteiger partial charge in [-0.2, -0.15) is 0 Å². The highest BCUT2D eigenvalue weighted by molar-refractivity contribution is 9.10. The standard InChI is InChI=1S/C13H14BrN3/c1-2-9-5-3-4-6-12(9)17-13-11(14)7-10(15)8-16-13/h3-8H,2,15H2,1H3,(H,16,17). The summed E-state index contributed by atoms with van der Waals surface area (Å²) in [4.78, 5) is 4.27. The fourth-order valence-corrected chi connectivity index (χ4v) is 2.09. The zero-order valence-electron chi connectivity index (χ0n) is 9.57. The van der Waals surface area contributed by atoms with E-state index >= 15 is 0 Å². The number of nitrogen functional groups attached to an aromatic ring is 1. The van der Waals surface area contributed by atoms with Gasteiger partial charge in [-0.1, -0.05) is 25.1 Å². The number of hydrogen-bond donors (Lipinski definition) is 2. The topological polar surface area (TPSA) is 50.9 Å². The number of benzene rings is 1. The summed E-state index contributed by atoms with van der Waals surface area (Å²) in [6.45, 7) is 2.13. The number of pyridine rings is 1. The highest BCUT2D eigenvalue weighted by Crippen LogP contribution is 2.27. The van der Waals surface area contributed by atoms with E-state index in [0.29, 0.717) is 5.69 Å². The molecule has 0 bridgehead atoms. The molecule has 0 saturated heterocycles. The number of para-hydroxylation sites is 1. The number of aryl methyl sites for hydroxylation is 1. The molecule has 0 aliphatic rings. The molecule has 1 aromatic carbocycles. The maximum absolute atomic E-state index is 5.66. The monoisotopic (exact) mass is 291 g/mol. The molecule has 3 N–H and O–H groups in total. The summed E-state index contributed by atoms with van der Waals surface area (Å²) in [5.74, 6) is 0.778. The second kappa shape index (κ2) is 5.19. The second-order valence-electron chi connectivity index (χ2n) is 3.73. The van der Waals surface area contributed by atoms with Gasteiger partial charge in [-0.05, 0) is 40.0 Å². The van der Waals surface area contributed by atoms with Crippen molar-refractivity contribution >= 4 is 33.1 Å². The van der Waals surface area contributed by atoms with Crippen molar-refractivity contribution in [3.63, 3.8) is 0 Å². The van der Waals surface area contributed by atoms with Crippen LogP contribution in [0.15, 0.2) is 41.0 Å². The molecule has 0 spiro atoms. The Balaban J connectivity index is 2.31. The largest absolute Gasteiger partial charge is 0.397 e. The summed E-state index contributed by atoms with van der Waals surface area (Å²) in [5.41, 5.74) is 8.64. The summed E-state index contributed by atoms with van der Waals surface area (Å²) >= 11 is 3.45. The van der Waals surface area contributed by atoms with Gasteiger partial charge in [-0.3, -0.25) is 0 Å². The molecular formula is C13H14BrN3. The summed E-state index contributed by atoms with van der Waals surface area (Å²) in [6, 6.07) is 10.0. The predicted octanol–water partition coefficient (Wildman–Crippen LogP) is 3.73. The number of aromatic nitrogens is 1. The third-order valence-electron chi connectivity index (χ3n) is 2.51. The number of nitrogens with two attached hydrogens (primary N) is 1. The van der Waals surface area contributed by atoms with Gasteiger partial charge in [-0.15, -0.1) is 0 Å². The van der Waals surface area contributed by atoms with Crippen molar-refractivity contribution in [2.24, 2.45) is 0 Å². The smallest absolute Gasteiger partial charge is 0.144 e. The lowest BCUT2D eigenvalue weighted by Gasteiger charge is -2.11. The molecule has 1 heterocycles. The zero-order chi connectivity index (χ0) is 12.3. The van der Waals surface area contributed by atoms with Crippen LogP contribution >= 0.6 is 15.9 Å². The third kappa shape index (κ3) is 2.77. The molecule has 0 radical (unpaired) electrons. The van der Waals surface area contributed by atoms with Crippen molar-refractivity contribution in [3.8, 4) is 0 Å². The predicted molar refractivity (Wildman–Crippen MR) is 75.5 cm³/mol. The lowest BCUT2D eigenvalue weighted by Crippen LogP contribution is -1.99. The fraction of sp³-hybridized carbons (Fsp3) is 0.154. The number of hydrogen-bond acceptors (Lipinski definition) is 3. The minimum atomic E-state index is 0.645. The normalized spacial score (nSPS) is 10.2. The van der Waals surface area contributed by atoms with E-state index in [4.69, 9.17) is 5.73 Å². The Hall–Kier alpha value is -1.55. The molecule has 0 fully saturated rings. The number of anilines is 3. The van der Waals surface area contributed by atoms with Crippen LogP contribution in [0.5, 0.6) is 0 Å². The van der Waals surface area contributed by atoms with E-state index in [-0.39, 0.29) is 0 Å². The van der Waals surface area contributed by atoms with E-state index in [1.165, 1.54) is 5.56 Å². The zero-order valence-corrected chi connectivity index (χ0v) is 11.2. The second-order valence-corrected chi connectivity index (χ2v) is 4.59. The van der Waals surface area contributed by atoms with Gasteiger partial charge in [0.15, 0.2) is 0 Å². The van der Waals surface area contributed by atoms with Gasteiger partial charge in [-0.25, -0.2) is 4.98 Å². The Morgan fingerprint density at radius 1 is 1.35 bits per heavy atom. The van der Waals surface area contributed by atoms with Crippen LogP contribution in [0.2, 0.25) is 0 Å². The number of rotatable bonds is 3. The van der Waals surface area contributed by atoms with Crippen molar-refractivity contribution in [2.75, 3.05) is 11.1 Å². The molecule has 0 amide bonds. The Morgan fingerprint density at radius 2 is 2.12 bits per heavy atom. The van der Waals surface area contributed by atoms with Gasteiger partial charge in [0.25, 0.3) is 0 Å². The van der Waals surface area contributed by atoms with E-state index in [1.54, 1.807) is 6.20 Å². The molecule has 1 aromatic heterocycles. The SMILES string of the molecule is CCc1ccccc1Nc1ncc(N)cc1Br. The van der Waals surface area contributed by atoms with Crippen molar-refractivity contribution in [1.82, 2.24) is 4.98 Å². The quantitative estimate of drug-likeness (QED) is 0.906. The van der Waals surface area contributed by atoms with Crippen molar-refractivity contribution in [2.45, 2.75) is 13.3 Å². The first-order valence-corrected chi connectivity index (χ1v) is 6.26. The molecular weight excluding hydrogens is 278 g/mol. The third-order valence-corrected chi connectivity index (χ3v) is 3.12. The molecule has 88 valence electrons. The van der Waals surface area contributed by atoms with Gasteiger partial charge in [0, 0.05) is 5.69 Å². The van der Waals surface area contributed by atoms with E-state index in [1.807, 2.05) is 24.3 Å². The summed E-state index contributed by atoms with van der Waals surface area (Å²) in [7, 11) is 0. The Bertz CT molecular complexity index is 526. The first-order valence-electron chi connectivity index (χ1n) is 5.46. The molecule has 0 unspecified atom stereocenters. The minimum Gasteiger partial charge on any atom is -0.397 e. The Kier molecular flexibility index (Phi) is 3.64. The van der Waals surface area contributed by atoms with Crippen LogP contribution in [0, 0.1) is 0 Å². The van der Waals surface area contributed by atoms with E-state index in [2.05, 4.69) is 39.2 Å². The molecule has 2 rings (SSSR count). The molecule has 0 aliphatic heterocycles. The average molecular weight is 292 g/mol. The summed E-state index contributed by atoms with van der Waals surface area (Å²) < 4.78 is 0.864. The molecule has 0 atom stereocenters. The van der Waals surface area contributed by atoms with E-state index in [9.17, 15) is 0 Å². The lowest BCUT2D eigenvalue weighted by molar-refractivity contribution is 1.14. The Labute approximate surface area is 109 Å². The van der Waals surface area contributed by atoms with Crippen molar-refractivity contribution in [3.05, 3.63) is 46.6 Å². The maximum atomic E-state index is 5.66. The minimum absolute atomic E-state index is 0.645. The van der Waals surface area contributed by atoms with Crippen LogP contribution in [0.4, 0.5) is 17.2 Å². The number of nitrogens with one attached hydrogen (secondary N) is 1. The molecule has 4 heteroatoms. The molecule has 17 heavy (non-hydrogen) atoms. The fourth-order valence-electron chi connectivity index (χ4n) is 1.62. The van der Waals surface area contributed by atoms with Crippen LogP contribution in [-0.4, -0.2) is 4.98 Å². The van der Waals surface area contributed by atoms with Gasteiger partial charge >= 0.3 is 0 Å². The van der Waals surface area contributed by atoms with Crippen molar-refractivity contribution < 1.29 is 0 Å². The van der Waals surface area contributed by atoms with Gasteiger partial charge in [0.1, 0.15) is 5.82 Å². The van der Waals surface area contributed by atoms with Gasteiger partial charge in [0.05, 0.1) is 16.4 Å². The highest BCUT2D eigenvalue weighted by atomic mass is 79.9. The summed E-state index contributed by atoms with van der Waals surface area (Å²) in [6.07, 6.45) is 2.62. The van der Waals surface area contributed by atoms with Crippen molar-refractivity contribution in [1.29, 1.82) is 0 Å². The van der Waals surface area contributed by atoms with Gasteiger partial charge in [0.2, 0.25) is 0 Å². The summed E-state index contributed by atoms with van der Waals surface area (Å²) in [5, 5.41) is 3.31. The average Bonchev–Trinajstić information content (AvgIpc) is 2.33. The lowest BCUT2D eigenvalue weighted by atomic mass is 10.1.